The van der Waals surface area contributed by atoms with E-state index in [0.717, 1.165) is 11.3 Å². The molecule has 6 nitrogen and oxygen atoms in total. The van der Waals surface area contributed by atoms with Crippen molar-refractivity contribution in [3.05, 3.63) is 72.4 Å². The predicted molar refractivity (Wildman–Crippen MR) is 92.6 cm³/mol. The Morgan fingerprint density at radius 3 is 2.96 bits per heavy atom. The molecule has 2 aromatic heterocycles. The summed E-state index contributed by atoms with van der Waals surface area (Å²) >= 11 is 0. The van der Waals surface area contributed by atoms with Crippen LogP contribution in [0.25, 0.3) is 5.82 Å². The number of fused-ring (bicyclic) bond motifs is 1. The molecule has 3 heterocycles. The molecular formula is C19H18N4O2. The van der Waals surface area contributed by atoms with Gasteiger partial charge in [0, 0.05) is 29.7 Å². The highest BCUT2D eigenvalue weighted by Gasteiger charge is 2.26. The van der Waals surface area contributed by atoms with Crippen molar-refractivity contribution in [3.63, 3.8) is 0 Å². The normalized spacial score (nSPS) is 16.7. The lowest BCUT2D eigenvalue weighted by Crippen LogP contribution is -2.39. The van der Waals surface area contributed by atoms with Crippen molar-refractivity contribution in [1.29, 1.82) is 0 Å². The first kappa shape index (κ1) is 15.4. The van der Waals surface area contributed by atoms with E-state index in [0.29, 0.717) is 24.5 Å². The average Bonchev–Trinajstić information content (AvgIpc) is 3.13. The van der Waals surface area contributed by atoms with Crippen LogP contribution >= 0.6 is 0 Å². The van der Waals surface area contributed by atoms with Gasteiger partial charge in [0.05, 0.1) is 12.6 Å². The molecule has 1 amide bonds. The van der Waals surface area contributed by atoms with E-state index in [1.165, 1.54) is 0 Å². The Kier molecular flexibility index (Phi) is 3.93. The van der Waals surface area contributed by atoms with Crippen LogP contribution in [-0.4, -0.2) is 38.0 Å². The topological polar surface area (TPSA) is 60.2 Å². The molecule has 1 aliphatic rings. The van der Waals surface area contributed by atoms with Crippen LogP contribution < -0.4 is 4.74 Å². The summed E-state index contributed by atoms with van der Waals surface area (Å²) in [7, 11) is 0. The molecule has 4 rings (SSSR count). The quantitative estimate of drug-likeness (QED) is 0.723. The van der Waals surface area contributed by atoms with Gasteiger partial charge in [0.25, 0.3) is 5.91 Å². The molecule has 0 spiro atoms. The standard InChI is InChI=1S/C19H18N4O2/c1-14-12-25-17-5-3-2-4-16(17)11-23(14)19(24)15-6-7-21-18(10-15)22-9-8-20-13-22/h2-10,13-14H,11-12H2,1H3. The Bertz CT molecular complexity index is 892. The lowest BCUT2D eigenvalue weighted by Gasteiger charge is -2.26. The van der Waals surface area contributed by atoms with Gasteiger partial charge in [0.15, 0.2) is 0 Å². The molecule has 1 atom stereocenters. The highest BCUT2D eigenvalue weighted by Crippen LogP contribution is 2.26. The number of hydrogen-bond acceptors (Lipinski definition) is 4. The molecule has 25 heavy (non-hydrogen) atoms. The summed E-state index contributed by atoms with van der Waals surface area (Å²) in [5.74, 6) is 1.48. The first-order valence-corrected chi connectivity index (χ1v) is 8.18. The second-order valence-electron chi connectivity index (χ2n) is 6.07. The van der Waals surface area contributed by atoms with Gasteiger partial charge in [-0.25, -0.2) is 9.97 Å². The monoisotopic (exact) mass is 334 g/mol. The summed E-state index contributed by atoms with van der Waals surface area (Å²) in [6.07, 6.45) is 6.79. The van der Waals surface area contributed by atoms with E-state index in [1.807, 2.05) is 36.1 Å². The largest absolute Gasteiger partial charge is 0.491 e. The van der Waals surface area contributed by atoms with Gasteiger partial charge < -0.3 is 9.64 Å². The molecule has 1 aliphatic heterocycles. The molecule has 1 unspecified atom stereocenters. The summed E-state index contributed by atoms with van der Waals surface area (Å²) in [4.78, 5) is 23.3. The van der Waals surface area contributed by atoms with Crippen LogP contribution in [0, 0.1) is 0 Å². The first-order valence-electron chi connectivity index (χ1n) is 8.18. The highest BCUT2D eigenvalue weighted by atomic mass is 16.5. The molecule has 0 N–H and O–H groups in total. The number of carbonyl (C=O) groups excluding carboxylic acids is 1. The van der Waals surface area contributed by atoms with Crippen molar-refractivity contribution in [2.24, 2.45) is 0 Å². The number of para-hydroxylation sites is 1. The van der Waals surface area contributed by atoms with Crippen molar-refractivity contribution >= 4 is 5.91 Å². The summed E-state index contributed by atoms with van der Waals surface area (Å²) in [5, 5.41) is 0. The van der Waals surface area contributed by atoms with Crippen molar-refractivity contribution in [2.45, 2.75) is 19.5 Å². The van der Waals surface area contributed by atoms with Crippen molar-refractivity contribution in [2.75, 3.05) is 6.61 Å². The maximum absolute atomic E-state index is 13.1. The van der Waals surface area contributed by atoms with Gasteiger partial charge in [-0.2, -0.15) is 0 Å². The SMILES string of the molecule is CC1COc2ccccc2CN1C(=O)c1ccnc(-n2ccnc2)c1. The molecule has 1 aromatic carbocycles. The molecule has 126 valence electrons. The third kappa shape index (κ3) is 2.98. The van der Waals surface area contributed by atoms with Crippen LogP contribution in [0.2, 0.25) is 0 Å². The second kappa shape index (κ2) is 6.39. The van der Waals surface area contributed by atoms with Gasteiger partial charge in [-0.05, 0) is 25.1 Å². The molecule has 0 saturated carbocycles. The lowest BCUT2D eigenvalue weighted by molar-refractivity contribution is 0.0645. The Balaban J connectivity index is 1.65. The number of carbonyl (C=O) groups is 1. The number of amides is 1. The molecule has 6 heteroatoms. The maximum atomic E-state index is 13.1. The fourth-order valence-corrected chi connectivity index (χ4v) is 2.94. The predicted octanol–water partition coefficient (Wildman–Crippen LogP) is 2.69. The molecule has 0 saturated heterocycles. The van der Waals surface area contributed by atoms with Crippen LogP contribution in [-0.2, 0) is 6.54 Å². The third-order valence-electron chi connectivity index (χ3n) is 4.35. The van der Waals surface area contributed by atoms with E-state index in [2.05, 4.69) is 9.97 Å². The number of imidazole rings is 1. The Labute approximate surface area is 145 Å². The zero-order valence-corrected chi connectivity index (χ0v) is 13.9. The van der Waals surface area contributed by atoms with Crippen LogP contribution in [0.1, 0.15) is 22.8 Å². The minimum Gasteiger partial charge on any atom is -0.491 e. The van der Waals surface area contributed by atoms with E-state index >= 15 is 0 Å². The number of aromatic nitrogens is 3. The highest BCUT2D eigenvalue weighted by molar-refractivity contribution is 5.94. The number of hydrogen-bond donors (Lipinski definition) is 0. The van der Waals surface area contributed by atoms with E-state index < -0.39 is 0 Å². The van der Waals surface area contributed by atoms with Gasteiger partial charge in [-0.1, -0.05) is 18.2 Å². The molecule has 0 bridgehead atoms. The summed E-state index contributed by atoms with van der Waals surface area (Å²) < 4.78 is 7.62. The van der Waals surface area contributed by atoms with E-state index in [9.17, 15) is 4.79 Å². The van der Waals surface area contributed by atoms with Crippen molar-refractivity contribution in [3.8, 4) is 11.6 Å². The molecular weight excluding hydrogens is 316 g/mol. The molecule has 0 fully saturated rings. The van der Waals surface area contributed by atoms with Gasteiger partial charge in [-0.15, -0.1) is 0 Å². The lowest BCUT2D eigenvalue weighted by atomic mass is 10.1. The van der Waals surface area contributed by atoms with E-state index in [4.69, 9.17) is 4.74 Å². The van der Waals surface area contributed by atoms with Crippen molar-refractivity contribution < 1.29 is 9.53 Å². The van der Waals surface area contributed by atoms with Gasteiger partial charge in [0.1, 0.15) is 24.5 Å². The number of ether oxygens (including phenoxy) is 1. The minimum atomic E-state index is -0.0310. The van der Waals surface area contributed by atoms with Crippen LogP contribution in [0.4, 0.5) is 0 Å². The number of rotatable bonds is 2. The van der Waals surface area contributed by atoms with Gasteiger partial charge in [-0.3, -0.25) is 9.36 Å². The number of pyridine rings is 1. The molecule has 3 aromatic rings. The fourth-order valence-electron chi connectivity index (χ4n) is 2.94. The number of benzene rings is 1. The fraction of sp³-hybridized carbons (Fsp3) is 0.211. The average molecular weight is 334 g/mol. The minimum absolute atomic E-state index is 0.0234. The third-order valence-corrected chi connectivity index (χ3v) is 4.35. The zero-order valence-electron chi connectivity index (χ0n) is 13.9. The van der Waals surface area contributed by atoms with Gasteiger partial charge in [0.2, 0.25) is 0 Å². The maximum Gasteiger partial charge on any atom is 0.254 e. The van der Waals surface area contributed by atoms with E-state index in [1.54, 1.807) is 41.6 Å². The Morgan fingerprint density at radius 2 is 2.12 bits per heavy atom. The second-order valence-corrected chi connectivity index (χ2v) is 6.07. The molecule has 0 radical (unpaired) electrons. The Morgan fingerprint density at radius 1 is 1.24 bits per heavy atom. The summed E-state index contributed by atoms with van der Waals surface area (Å²) in [6, 6.07) is 11.4. The van der Waals surface area contributed by atoms with Crippen LogP contribution in [0.5, 0.6) is 5.75 Å². The summed E-state index contributed by atoms with van der Waals surface area (Å²) in [5.41, 5.74) is 1.62. The Hall–Kier alpha value is -3.15. The van der Waals surface area contributed by atoms with E-state index in [-0.39, 0.29) is 11.9 Å². The zero-order chi connectivity index (χ0) is 17.2. The van der Waals surface area contributed by atoms with Gasteiger partial charge >= 0.3 is 0 Å². The first-order chi connectivity index (χ1) is 12.2. The van der Waals surface area contributed by atoms with Crippen molar-refractivity contribution in [1.82, 2.24) is 19.4 Å². The van der Waals surface area contributed by atoms with Crippen LogP contribution in [0.3, 0.4) is 0 Å². The summed E-state index contributed by atoms with van der Waals surface area (Å²) in [6.45, 7) is 3.00. The number of nitrogens with zero attached hydrogens (tertiary/aromatic N) is 4. The molecule has 0 aliphatic carbocycles. The smallest absolute Gasteiger partial charge is 0.254 e. The van der Waals surface area contributed by atoms with Crippen LogP contribution in [0.15, 0.2) is 61.3 Å².